The molecule has 1 atom stereocenters. The molecule has 0 spiro atoms. The minimum Gasteiger partial charge on any atom is -0.452 e. The van der Waals surface area contributed by atoms with Crippen LogP contribution in [0.1, 0.15) is 31.0 Å². The van der Waals surface area contributed by atoms with E-state index in [-0.39, 0.29) is 18.0 Å². The van der Waals surface area contributed by atoms with Crippen LogP contribution in [0.3, 0.4) is 0 Å². The molecule has 3 rings (SSSR count). The molecule has 0 saturated carbocycles. The zero-order valence-corrected chi connectivity index (χ0v) is 16.3. The van der Waals surface area contributed by atoms with E-state index in [4.69, 9.17) is 4.74 Å². The van der Waals surface area contributed by atoms with E-state index in [0.717, 1.165) is 6.42 Å². The maximum absolute atomic E-state index is 13.6. The molecule has 28 heavy (non-hydrogen) atoms. The molecule has 1 aromatic heterocycles. The van der Waals surface area contributed by atoms with Crippen LogP contribution in [-0.4, -0.2) is 35.4 Å². The van der Waals surface area contributed by atoms with Gasteiger partial charge < -0.3 is 10.1 Å². The van der Waals surface area contributed by atoms with Gasteiger partial charge in [0, 0.05) is 24.0 Å². The second kappa shape index (κ2) is 8.47. The number of hydrogen-bond acceptors (Lipinski definition) is 6. The first-order valence-corrected chi connectivity index (χ1v) is 9.72. The first-order chi connectivity index (χ1) is 13.3. The summed E-state index contributed by atoms with van der Waals surface area (Å²) in [4.78, 5) is 41.9. The summed E-state index contributed by atoms with van der Waals surface area (Å²) in [5.41, 5.74) is 1.24. The van der Waals surface area contributed by atoms with Crippen molar-refractivity contribution < 1.29 is 23.5 Å². The molecule has 148 valence electrons. The lowest BCUT2D eigenvalue weighted by molar-refractivity contribution is -0.152. The van der Waals surface area contributed by atoms with Gasteiger partial charge in [0.15, 0.2) is 11.2 Å². The van der Waals surface area contributed by atoms with Crippen molar-refractivity contribution in [2.75, 3.05) is 16.8 Å². The summed E-state index contributed by atoms with van der Waals surface area (Å²) in [6.45, 7) is 3.69. The number of hydrogen-bond donors (Lipinski definition) is 1. The predicted molar refractivity (Wildman–Crippen MR) is 103 cm³/mol. The molecule has 2 heterocycles. The van der Waals surface area contributed by atoms with Crippen molar-refractivity contribution in [3.05, 3.63) is 40.7 Å². The zero-order valence-electron chi connectivity index (χ0n) is 15.5. The van der Waals surface area contributed by atoms with Gasteiger partial charge in [-0.1, -0.05) is 6.07 Å². The standard InChI is InChI=1S/C19H20FN3O4S/c1-11-5-6-13(8-15(11)20)21-18(26)12(2)27-17(25)9-14-10-28-19(22-14)23-7-3-4-16(23)24/h5-6,8,10,12H,3-4,7,9H2,1-2H3,(H,21,26). The Kier molecular flexibility index (Phi) is 6.03. The summed E-state index contributed by atoms with van der Waals surface area (Å²) >= 11 is 1.29. The minimum atomic E-state index is -1.05. The van der Waals surface area contributed by atoms with E-state index in [1.807, 2.05) is 0 Å². The Balaban J connectivity index is 1.52. The molecule has 1 saturated heterocycles. The van der Waals surface area contributed by atoms with Crippen molar-refractivity contribution in [3.63, 3.8) is 0 Å². The lowest BCUT2D eigenvalue weighted by atomic mass is 10.2. The number of nitrogens with one attached hydrogen (secondary N) is 1. The van der Waals surface area contributed by atoms with Crippen molar-refractivity contribution in [2.24, 2.45) is 0 Å². The number of ether oxygens (including phenoxy) is 1. The Labute approximate surface area is 165 Å². The number of nitrogens with zero attached hydrogens (tertiary/aromatic N) is 2. The summed E-state index contributed by atoms with van der Waals surface area (Å²) in [5.74, 6) is -1.57. The fourth-order valence-corrected chi connectivity index (χ4v) is 3.57. The van der Waals surface area contributed by atoms with Gasteiger partial charge in [0.25, 0.3) is 5.91 Å². The van der Waals surface area contributed by atoms with Gasteiger partial charge >= 0.3 is 5.97 Å². The van der Waals surface area contributed by atoms with Gasteiger partial charge in [-0.3, -0.25) is 19.3 Å². The molecular weight excluding hydrogens is 385 g/mol. The highest BCUT2D eigenvalue weighted by atomic mass is 32.1. The molecular formula is C19H20FN3O4S. The van der Waals surface area contributed by atoms with E-state index in [2.05, 4.69) is 10.3 Å². The van der Waals surface area contributed by atoms with Gasteiger partial charge in [-0.2, -0.15) is 0 Å². The number of amides is 2. The molecule has 1 aromatic carbocycles. The topological polar surface area (TPSA) is 88.6 Å². The molecule has 1 fully saturated rings. The van der Waals surface area contributed by atoms with Gasteiger partial charge in [-0.05, 0) is 38.0 Å². The van der Waals surface area contributed by atoms with Gasteiger partial charge in [0.2, 0.25) is 5.91 Å². The molecule has 2 aromatic rings. The number of benzene rings is 1. The number of carbonyl (C=O) groups is 3. The van der Waals surface area contributed by atoms with Crippen LogP contribution < -0.4 is 10.2 Å². The normalized spacial score (nSPS) is 14.8. The maximum Gasteiger partial charge on any atom is 0.312 e. The van der Waals surface area contributed by atoms with E-state index in [1.54, 1.807) is 29.3 Å². The molecule has 0 aliphatic carbocycles. The molecule has 1 N–H and O–H groups in total. The molecule has 7 nitrogen and oxygen atoms in total. The maximum atomic E-state index is 13.6. The molecule has 1 unspecified atom stereocenters. The summed E-state index contributed by atoms with van der Waals surface area (Å²) in [7, 11) is 0. The lowest BCUT2D eigenvalue weighted by Crippen LogP contribution is -2.30. The van der Waals surface area contributed by atoms with Crippen LogP contribution in [0.15, 0.2) is 23.6 Å². The Bertz CT molecular complexity index is 914. The average Bonchev–Trinajstić information content (AvgIpc) is 3.26. The highest BCUT2D eigenvalue weighted by Gasteiger charge is 2.25. The average molecular weight is 405 g/mol. The Morgan fingerprint density at radius 3 is 2.89 bits per heavy atom. The van der Waals surface area contributed by atoms with Crippen LogP contribution in [-0.2, 0) is 25.5 Å². The van der Waals surface area contributed by atoms with Crippen LogP contribution in [0.25, 0.3) is 0 Å². The summed E-state index contributed by atoms with van der Waals surface area (Å²) in [6.07, 6.45) is 0.159. The number of esters is 1. The van der Waals surface area contributed by atoms with Gasteiger partial charge in [-0.15, -0.1) is 11.3 Å². The van der Waals surface area contributed by atoms with Crippen molar-refractivity contribution in [1.82, 2.24) is 4.98 Å². The molecule has 0 radical (unpaired) electrons. The van der Waals surface area contributed by atoms with Crippen molar-refractivity contribution >= 4 is 39.9 Å². The van der Waals surface area contributed by atoms with Gasteiger partial charge in [0.1, 0.15) is 5.82 Å². The van der Waals surface area contributed by atoms with E-state index in [9.17, 15) is 18.8 Å². The molecule has 0 bridgehead atoms. The second-order valence-electron chi connectivity index (χ2n) is 6.53. The summed E-state index contributed by atoms with van der Waals surface area (Å²) < 4.78 is 18.7. The van der Waals surface area contributed by atoms with E-state index >= 15 is 0 Å². The predicted octanol–water partition coefficient (Wildman–Crippen LogP) is 2.83. The third-order valence-electron chi connectivity index (χ3n) is 4.29. The Hall–Kier alpha value is -2.81. The SMILES string of the molecule is Cc1ccc(NC(=O)C(C)OC(=O)Cc2csc(N3CCCC3=O)n2)cc1F. The van der Waals surface area contributed by atoms with Crippen LogP contribution in [0.2, 0.25) is 0 Å². The van der Waals surface area contributed by atoms with E-state index in [1.165, 1.54) is 24.3 Å². The lowest BCUT2D eigenvalue weighted by Gasteiger charge is -2.13. The van der Waals surface area contributed by atoms with Crippen LogP contribution in [0.4, 0.5) is 15.2 Å². The van der Waals surface area contributed by atoms with Crippen LogP contribution in [0, 0.1) is 12.7 Å². The number of anilines is 2. The fraction of sp³-hybridized carbons (Fsp3) is 0.368. The molecule has 2 amide bonds. The van der Waals surface area contributed by atoms with Crippen molar-refractivity contribution in [1.29, 1.82) is 0 Å². The molecule has 1 aliphatic heterocycles. The third-order valence-corrected chi connectivity index (χ3v) is 5.20. The van der Waals surface area contributed by atoms with E-state index in [0.29, 0.717) is 29.4 Å². The van der Waals surface area contributed by atoms with Gasteiger partial charge in [-0.25, -0.2) is 9.37 Å². The van der Waals surface area contributed by atoms with Crippen LogP contribution in [0.5, 0.6) is 0 Å². The first-order valence-electron chi connectivity index (χ1n) is 8.85. The smallest absolute Gasteiger partial charge is 0.312 e. The number of thiazole rings is 1. The highest BCUT2D eigenvalue weighted by Crippen LogP contribution is 2.25. The quantitative estimate of drug-likeness (QED) is 0.747. The number of halogens is 1. The number of rotatable bonds is 6. The largest absolute Gasteiger partial charge is 0.452 e. The van der Waals surface area contributed by atoms with Crippen molar-refractivity contribution in [2.45, 2.75) is 39.2 Å². The third kappa shape index (κ3) is 4.72. The fourth-order valence-electron chi connectivity index (χ4n) is 2.71. The number of aryl methyl sites for hydroxylation is 1. The summed E-state index contributed by atoms with van der Waals surface area (Å²) in [6, 6.07) is 4.33. The zero-order chi connectivity index (χ0) is 20.3. The summed E-state index contributed by atoms with van der Waals surface area (Å²) in [5, 5.41) is 4.77. The van der Waals surface area contributed by atoms with E-state index < -0.39 is 23.8 Å². The molecule has 9 heteroatoms. The first kappa shape index (κ1) is 19.9. The Morgan fingerprint density at radius 2 is 2.21 bits per heavy atom. The van der Waals surface area contributed by atoms with Crippen molar-refractivity contribution in [3.8, 4) is 0 Å². The highest BCUT2D eigenvalue weighted by molar-refractivity contribution is 7.14. The number of carbonyl (C=O) groups excluding carboxylic acids is 3. The van der Waals surface area contributed by atoms with Crippen LogP contribution >= 0.6 is 11.3 Å². The number of aromatic nitrogens is 1. The second-order valence-corrected chi connectivity index (χ2v) is 7.37. The minimum absolute atomic E-state index is 0.0290. The molecule has 1 aliphatic rings. The Morgan fingerprint density at radius 1 is 1.43 bits per heavy atom. The van der Waals surface area contributed by atoms with Gasteiger partial charge in [0.05, 0.1) is 12.1 Å². The monoisotopic (exact) mass is 405 g/mol.